The van der Waals surface area contributed by atoms with Gasteiger partial charge in [-0.1, -0.05) is 12.7 Å². The Morgan fingerprint density at radius 3 is 2.70 bits per heavy atom. The fourth-order valence-electron chi connectivity index (χ4n) is 1.33. The molecule has 0 aliphatic rings. The van der Waals surface area contributed by atoms with Crippen molar-refractivity contribution in [2.45, 2.75) is 0 Å². The average Bonchev–Trinajstić information content (AvgIpc) is 2.35. The summed E-state index contributed by atoms with van der Waals surface area (Å²) in [6, 6.07) is 1.37. The summed E-state index contributed by atoms with van der Waals surface area (Å²) in [5.41, 5.74) is -2.56. The van der Waals surface area contributed by atoms with Crippen molar-refractivity contribution in [2.24, 2.45) is 0 Å². The second-order valence-corrected chi connectivity index (χ2v) is 3.39. The van der Waals surface area contributed by atoms with Crippen LogP contribution in [0.3, 0.4) is 0 Å². The number of hydrogen-bond acceptors (Lipinski definition) is 5. The van der Waals surface area contributed by atoms with Crippen molar-refractivity contribution in [3.05, 3.63) is 46.3 Å². The first-order valence-electron chi connectivity index (χ1n) is 5.13. The van der Waals surface area contributed by atoms with E-state index in [0.717, 1.165) is 6.07 Å². The van der Waals surface area contributed by atoms with E-state index in [4.69, 9.17) is 5.11 Å². The lowest BCUT2D eigenvalue weighted by molar-refractivity contribution is -0.384. The highest BCUT2D eigenvalue weighted by atomic mass is 19.1. The van der Waals surface area contributed by atoms with Gasteiger partial charge in [0.15, 0.2) is 0 Å². The Hall–Kier alpha value is -2.97. The minimum atomic E-state index is -1.76. The third-order valence-corrected chi connectivity index (χ3v) is 2.10. The van der Waals surface area contributed by atoms with Gasteiger partial charge in [-0.15, -0.1) is 0 Å². The number of carbonyl (C=O) groups excluding carboxylic acids is 1. The number of hydrogen-bond donors (Lipinski definition) is 2. The molecule has 106 valence electrons. The molecule has 1 aromatic rings. The van der Waals surface area contributed by atoms with Crippen LogP contribution in [0.15, 0.2) is 24.8 Å². The number of ether oxygens (including phenoxy) is 1. The van der Waals surface area contributed by atoms with Gasteiger partial charge in [0.1, 0.15) is 23.7 Å². The van der Waals surface area contributed by atoms with Crippen molar-refractivity contribution in [3.63, 3.8) is 0 Å². The fourth-order valence-corrected chi connectivity index (χ4v) is 1.33. The van der Waals surface area contributed by atoms with Gasteiger partial charge in [-0.25, -0.2) is 14.0 Å². The minimum absolute atomic E-state index is 0.197. The number of amides is 1. The number of nitrogens with one attached hydrogen (secondary N) is 1. The first-order valence-corrected chi connectivity index (χ1v) is 5.13. The molecule has 0 aromatic heterocycles. The van der Waals surface area contributed by atoms with E-state index >= 15 is 0 Å². The molecule has 0 atom stereocenters. The molecule has 0 spiro atoms. The number of rotatable bonds is 5. The van der Waals surface area contributed by atoms with Crippen molar-refractivity contribution >= 4 is 23.4 Å². The molecule has 0 saturated carbocycles. The van der Waals surface area contributed by atoms with E-state index in [-0.39, 0.29) is 6.61 Å². The van der Waals surface area contributed by atoms with Crippen LogP contribution in [-0.4, -0.2) is 28.7 Å². The zero-order valence-electron chi connectivity index (χ0n) is 9.96. The Labute approximate surface area is 111 Å². The molecule has 0 heterocycles. The molecule has 0 radical (unpaired) electrons. The van der Waals surface area contributed by atoms with Crippen molar-refractivity contribution in [2.75, 3.05) is 11.9 Å². The van der Waals surface area contributed by atoms with Crippen LogP contribution in [-0.2, 0) is 4.74 Å². The molecule has 0 aliphatic carbocycles. The Kier molecular flexibility index (Phi) is 4.73. The molecule has 0 aliphatic heterocycles. The molecule has 0 bridgehead atoms. The number of halogens is 1. The molecule has 9 heteroatoms. The number of nitro benzene ring substituents is 1. The number of nitrogens with zero attached hydrogens (tertiary/aromatic N) is 1. The summed E-state index contributed by atoms with van der Waals surface area (Å²) in [5.74, 6) is -2.98. The Bertz CT molecular complexity index is 587. The van der Waals surface area contributed by atoms with Crippen LogP contribution in [0.1, 0.15) is 10.4 Å². The fraction of sp³-hybridized carbons (Fsp3) is 0.0909. The van der Waals surface area contributed by atoms with Gasteiger partial charge in [0.25, 0.3) is 5.69 Å². The van der Waals surface area contributed by atoms with E-state index in [1.807, 2.05) is 5.32 Å². The number of benzene rings is 1. The summed E-state index contributed by atoms with van der Waals surface area (Å²) < 4.78 is 17.9. The quantitative estimate of drug-likeness (QED) is 0.486. The first-order chi connectivity index (χ1) is 9.38. The second kappa shape index (κ2) is 6.27. The maximum atomic E-state index is 13.4. The lowest BCUT2D eigenvalue weighted by Crippen LogP contribution is -2.18. The molecule has 0 fully saturated rings. The number of aromatic carboxylic acids is 1. The van der Waals surface area contributed by atoms with Crippen LogP contribution in [0.5, 0.6) is 0 Å². The van der Waals surface area contributed by atoms with E-state index in [1.54, 1.807) is 0 Å². The predicted molar refractivity (Wildman–Crippen MR) is 65.2 cm³/mol. The number of carbonyl (C=O) groups is 2. The molecule has 8 nitrogen and oxygen atoms in total. The summed E-state index contributed by atoms with van der Waals surface area (Å²) in [6.07, 6.45) is 0.0682. The van der Waals surface area contributed by atoms with E-state index in [2.05, 4.69) is 11.3 Å². The SMILES string of the molecule is C=CCOC(=O)Nc1c([N+](=O)[O-])ccc(F)c1C(=O)O. The number of anilines is 1. The number of carboxylic acids is 1. The highest BCUT2D eigenvalue weighted by Gasteiger charge is 2.27. The molecule has 0 saturated heterocycles. The van der Waals surface area contributed by atoms with Gasteiger partial charge in [-0.05, 0) is 6.07 Å². The molecular weight excluding hydrogens is 275 g/mol. The molecule has 1 rings (SSSR count). The second-order valence-electron chi connectivity index (χ2n) is 3.39. The molecular formula is C11H9FN2O6. The maximum Gasteiger partial charge on any atom is 0.412 e. The maximum absolute atomic E-state index is 13.4. The Morgan fingerprint density at radius 2 is 2.20 bits per heavy atom. The van der Waals surface area contributed by atoms with E-state index in [9.17, 15) is 24.1 Å². The van der Waals surface area contributed by atoms with Crippen LogP contribution in [0.4, 0.5) is 20.6 Å². The van der Waals surface area contributed by atoms with E-state index in [0.29, 0.717) is 6.07 Å². The zero-order valence-corrected chi connectivity index (χ0v) is 9.96. The van der Waals surface area contributed by atoms with Crippen molar-refractivity contribution < 1.29 is 28.7 Å². The topological polar surface area (TPSA) is 119 Å². The van der Waals surface area contributed by atoms with Gasteiger partial charge in [0.2, 0.25) is 0 Å². The lowest BCUT2D eigenvalue weighted by Gasteiger charge is -2.09. The van der Waals surface area contributed by atoms with Crippen LogP contribution < -0.4 is 5.32 Å². The van der Waals surface area contributed by atoms with Crippen molar-refractivity contribution in [1.29, 1.82) is 0 Å². The largest absolute Gasteiger partial charge is 0.478 e. The lowest BCUT2D eigenvalue weighted by atomic mass is 10.1. The van der Waals surface area contributed by atoms with Gasteiger partial charge in [-0.3, -0.25) is 15.4 Å². The molecule has 2 N–H and O–H groups in total. The van der Waals surface area contributed by atoms with Crippen LogP contribution in [0.2, 0.25) is 0 Å². The number of carboxylic acid groups (broad SMARTS) is 1. The smallest absolute Gasteiger partial charge is 0.412 e. The predicted octanol–water partition coefficient (Wildman–Crippen LogP) is 2.17. The highest BCUT2D eigenvalue weighted by Crippen LogP contribution is 2.30. The Morgan fingerprint density at radius 1 is 1.55 bits per heavy atom. The molecule has 1 amide bonds. The average molecular weight is 284 g/mol. The van der Waals surface area contributed by atoms with Crippen LogP contribution >= 0.6 is 0 Å². The third-order valence-electron chi connectivity index (χ3n) is 2.10. The van der Waals surface area contributed by atoms with Crippen LogP contribution in [0.25, 0.3) is 0 Å². The minimum Gasteiger partial charge on any atom is -0.478 e. The third kappa shape index (κ3) is 3.28. The van der Waals surface area contributed by atoms with Crippen molar-refractivity contribution in [3.8, 4) is 0 Å². The van der Waals surface area contributed by atoms with Gasteiger partial charge in [-0.2, -0.15) is 0 Å². The first kappa shape index (κ1) is 15.1. The molecule has 0 unspecified atom stereocenters. The summed E-state index contributed by atoms with van der Waals surface area (Å²) in [6.45, 7) is 3.08. The molecule has 20 heavy (non-hydrogen) atoms. The van der Waals surface area contributed by atoms with E-state index < -0.39 is 39.7 Å². The summed E-state index contributed by atoms with van der Waals surface area (Å²) in [7, 11) is 0. The van der Waals surface area contributed by atoms with Gasteiger partial charge >= 0.3 is 12.1 Å². The van der Waals surface area contributed by atoms with Gasteiger partial charge < -0.3 is 9.84 Å². The summed E-state index contributed by atoms with van der Waals surface area (Å²) in [5, 5.41) is 21.5. The van der Waals surface area contributed by atoms with Crippen molar-refractivity contribution in [1.82, 2.24) is 0 Å². The zero-order chi connectivity index (χ0) is 15.3. The Balaban J connectivity index is 3.28. The monoisotopic (exact) mass is 284 g/mol. The number of nitro groups is 1. The normalized spacial score (nSPS) is 9.65. The van der Waals surface area contributed by atoms with Gasteiger partial charge in [0.05, 0.1) is 4.92 Å². The molecule has 1 aromatic carbocycles. The summed E-state index contributed by atoms with van der Waals surface area (Å²) in [4.78, 5) is 32.1. The highest BCUT2D eigenvalue weighted by molar-refractivity contribution is 6.01. The summed E-state index contributed by atoms with van der Waals surface area (Å²) >= 11 is 0. The standard InChI is InChI=1S/C11H9FN2O6/c1-2-5-20-11(17)13-9-7(14(18)19)4-3-6(12)8(9)10(15)16/h2-4H,1,5H2,(H,13,17)(H,15,16). The van der Waals surface area contributed by atoms with E-state index in [1.165, 1.54) is 6.08 Å². The van der Waals surface area contributed by atoms with Crippen LogP contribution in [0, 0.1) is 15.9 Å². The van der Waals surface area contributed by atoms with Gasteiger partial charge in [0, 0.05) is 6.07 Å².